The maximum Gasteiger partial charge on any atom is 0.0455 e. The zero-order valence-corrected chi connectivity index (χ0v) is 17.1. The Morgan fingerprint density at radius 2 is 1.39 bits per heavy atom. The fourth-order valence-corrected chi connectivity index (χ4v) is 4.46. The summed E-state index contributed by atoms with van der Waals surface area (Å²) < 4.78 is 0. The molecule has 3 heteroatoms. The number of thiophene rings is 1. The Balaban J connectivity index is 0.000000157. The van der Waals surface area contributed by atoms with E-state index in [1.165, 1.54) is 47.2 Å². The van der Waals surface area contributed by atoms with Crippen LogP contribution in [0.25, 0.3) is 21.5 Å². The van der Waals surface area contributed by atoms with Gasteiger partial charge in [-0.3, -0.25) is 0 Å². The summed E-state index contributed by atoms with van der Waals surface area (Å²) in [6.45, 7) is 3.28. The zero-order chi connectivity index (χ0) is 19.0. The van der Waals surface area contributed by atoms with E-state index < -0.39 is 0 Å². The van der Waals surface area contributed by atoms with Gasteiger partial charge in [0.05, 0.1) is 0 Å². The Morgan fingerprint density at radius 3 is 2.11 bits per heavy atom. The van der Waals surface area contributed by atoms with Gasteiger partial charge in [0.15, 0.2) is 0 Å². The monoisotopic (exact) mass is 388 g/mol. The molecule has 2 heterocycles. The lowest BCUT2D eigenvalue weighted by molar-refractivity contribution is 0.690. The molecule has 3 aromatic carbocycles. The van der Waals surface area contributed by atoms with E-state index in [1.807, 2.05) is 22.9 Å². The van der Waals surface area contributed by atoms with Gasteiger partial charge in [-0.15, -0.1) is 0 Å². The molecule has 0 radical (unpaired) electrons. The van der Waals surface area contributed by atoms with Crippen molar-refractivity contribution in [1.29, 1.82) is 0 Å². The molecule has 1 saturated heterocycles. The number of fused-ring (bicyclic) bond motifs is 5. The van der Waals surface area contributed by atoms with Crippen molar-refractivity contribution in [3.05, 3.63) is 82.6 Å². The highest BCUT2D eigenvalue weighted by Gasteiger charge is 2.13. The molecule has 2 nitrogen and oxygen atoms in total. The highest BCUT2D eigenvalue weighted by molar-refractivity contribution is 7.07. The molecule has 0 bridgehead atoms. The predicted octanol–water partition coefficient (Wildman–Crippen LogP) is 5.76. The standard InChI is InChI=1S/C18H16.C4H4S.C3H8N2/c1-3-7-15-13(5-1)9-11-18-16-8-4-2-6-14(16)10-12-17(15)18;1-2-4-5-3-1;1-2-5-3-4-1/h1,3,5,7,9-12H,2,4,6,8H2;1-4H;4-5H,1-3H2. The Labute approximate surface area is 171 Å². The first-order valence-electron chi connectivity index (χ1n) is 10.2. The quantitative estimate of drug-likeness (QED) is 0.374. The Kier molecular flexibility index (Phi) is 6.72. The van der Waals surface area contributed by atoms with Crippen LogP contribution in [-0.4, -0.2) is 19.8 Å². The van der Waals surface area contributed by atoms with E-state index in [0.29, 0.717) is 0 Å². The third-order valence-electron chi connectivity index (χ3n) is 5.41. The lowest BCUT2D eigenvalue weighted by atomic mass is 9.86. The van der Waals surface area contributed by atoms with Crippen molar-refractivity contribution in [2.24, 2.45) is 0 Å². The first-order chi connectivity index (χ1) is 13.9. The summed E-state index contributed by atoms with van der Waals surface area (Å²) in [5.41, 5.74) is 3.17. The topological polar surface area (TPSA) is 24.1 Å². The summed E-state index contributed by atoms with van der Waals surface area (Å²) >= 11 is 1.71. The summed E-state index contributed by atoms with van der Waals surface area (Å²) in [5, 5.41) is 15.9. The number of hydrogen-bond donors (Lipinski definition) is 2. The van der Waals surface area contributed by atoms with Crippen molar-refractivity contribution in [3.8, 4) is 0 Å². The molecule has 1 aliphatic carbocycles. The molecule has 28 heavy (non-hydrogen) atoms. The van der Waals surface area contributed by atoms with Gasteiger partial charge in [0.1, 0.15) is 0 Å². The highest BCUT2D eigenvalue weighted by Crippen LogP contribution is 2.33. The third kappa shape index (κ3) is 4.61. The van der Waals surface area contributed by atoms with Gasteiger partial charge in [0.2, 0.25) is 0 Å². The van der Waals surface area contributed by atoms with Crippen molar-refractivity contribution in [2.45, 2.75) is 25.7 Å². The summed E-state index contributed by atoms with van der Waals surface area (Å²) in [5.74, 6) is 0. The molecule has 6 rings (SSSR count). The molecule has 2 aliphatic rings. The number of hydrogen-bond acceptors (Lipinski definition) is 3. The molecular weight excluding hydrogens is 360 g/mol. The van der Waals surface area contributed by atoms with Crippen LogP contribution in [0.2, 0.25) is 0 Å². The van der Waals surface area contributed by atoms with E-state index >= 15 is 0 Å². The number of aryl methyl sites for hydroxylation is 2. The van der Waals surface area contributed by atoms with E-state index in [1.54, 1.807) is 22.5 Å². The second-order valence-electron chi connectivity index (χ2n) is 7.26. The lowest BCUT2D eigenvalue weighted by Gasteiger charge is -2.18. The van der Waals surface area contributed by atoms with Crippen LogP contribution in [0, 0.1) is 0 Å². The lowest BCUT2D eigenvalue weighted by Crippen LogP contribution is -2.11. The van der Waals surface area contributed by atoms with Gasteiger partial charge < -0.3 is 10.6 Å². The summed E-state index contributed by atoms with van der Waals surface area (Å²) in [7, 11) is 0. The Morgan fingerprint density at radius 1 is 0.643 bits per heavy atom. The van der Waals surface area contributed by atoms with Gasteiger partial charge in [-0.1, -0.05) is 60.7 Å². The van der Waals surface area contributed by atoms with Gasteiger partial charge in [-0.25, -0.2) is 0 Å². The minimum Gasteiger partial charge on any atom is -0.303 e. The first kappa shape index (κ1) is 19.1. The summed E-state index contributed by atoms with van der Waals surface area (Å²) in [6, 6.07) is 22.0. The van der Waals surface area contributed by atoms with E-state index in [4.69, 9.17) is 0 Å². The predicted molar refractivity (Wildman–Crippen MR) is 123 cm³/mol. The van der Waals surface area contributed by atoms with Crippen molar-refractivity contribution in [1.82, 2.24) is 10.6 Å². The minimum atomic E-state index is 1.00. The van der Waals surface area contributed by atoms with E-state index in [0.717, 1.165) is 19.8 Å². The second kappa shape index (κ2) is 9.83. The highest BCUT2D eigenvalue weighted by atomic mass is 32.1. The molecule has 0 unspecified atom stereocenters. The molecule has 0 amide bonds. The minimum absolute atomic E-state index is 1.00. The first-order valence-corrected chi connectivity index (χ1v) is 11.2. The number of rotatable bonds is 0. The van der Waals surface area contributed by atoms with Gasteiger partial charge in [-0.05, 0) is 69.1 Å². The molecule has 4 aromatic rings. The smallest absolute Gasteiger partial charge is 0.0455 e. The van der Waals surface area contributed by atoms with Crippen LogP contribution in [0.15, 0.2) is 71.4 Å². The maximum absolute atomic E-state index is 3.11. The van der Waals surface area contributed by atoms with Gasteiger partial charge >= 0.3 is 0 Å². The van der Waals surface area contributed by atoms with E-state index in [-0.39, 0.29) is 0 Å². The van der Waals surface area contributed by atoms with Crippen LogP contribution in [0.5, 0.6) is 0 Å². The molecule has 0 saturated carbocycles. The molecule has 1 aliphatic heterocycles. The third-order valence-corrected chi connectivity index (χ3v) is 6.04. The van der Waals surface area contributed by atoms with Crippen LogP contribution in [0.3, 0.4) is 0 Å². The molecule has 1 aromatic heterocycles. The van der Waals surface area contributed by atoms with Crippen LogP contribution in [0.4, 0.5) is 0 Å². The molecule has 1 fully saturated rings. The van der Waals surface area contributed by atoms with Gasteiger partial charge in [-0.2, -0.15) is 11.3 Å². The SMILES string of the molecule is C1CNCN1.c1ccc2c(c1)ccc1c3c(ccc12)CCCC3.c1ccsc1. The molecule has 0 atom stereocenters. The number of benzene rings is 3. The summed E-state index contributed by atoms with van der Waals surface area (Å²) in [4.78, 5) is 0. The molecule has 144 valence electrons. The molecular formula is C25H28N2S. The average molecular weight is 389 g/mol. The van der Waals surface area contributed by atoms with E-state index in [2.05, 4.69) is 59.2 Å². The van der Waals surface area contributed by atoms with Crippen molar-refractivity contribution >= 4 is 32.9 Å². The Hall–Kier alpha value is -2.20. The van der Waals surface area contributed by atoms with Gasteiger partial charge in [0, 0.05) is 19.8 Å². The van der Waals surface area contributed by atoms with Crippen LogP contribution >= 0.6 is 11.3 Å². The maximum atomic E-state index is 3.11. The van der Waals surface area contributed by atoms with Crippen molar-refractivity contribution < 1.29 is 0 Å². The molecule has 2 N–H and O–H groups in total. The van der Waals surface area contributed by atoms with E-state index in [9.17, 15) is 0 Å². The zero-order valence-electron chi connectivity index (χ0n) is 16.3. The van der Waals surface area contributed by atoms with Crippen LogP contribution in [-0.2, 0) is 12.8 Å². The van der Waals surface area contributed by atoms with Crippen molar-refractivity contribution in [2.75, 3.05) is 19.8 Å². The summed E-state index contributed by atoms with van der Waals surface area (Å²) in [6.07, 6.45) is 5.22. The van der Waals surface area contributed by atoms with Crippen molar-refractivity contribution in [3.63, 3.8) is 0 Å². The van der Waals surface area contributed by atoms with Crippen LogP contribution < -0.4 is 10.6 Å². The number of nitrogens with one attached hydrogen (secondary N) is 2. The van der Waals surface area contributed by atoms with Gasteiger partial charge in [0.25, 0.3) is 0 Å². The largest absolute Gasteiger partial charge is 0.303 e. The fraction of sp³-hybridized carbons (Fsp3) is 0.280. The van der Waals surface area contributed by atoms with Crippen LogP contribution in [0.1, 0.15) is 24.0 Å². The fourth-order valence-electron chi connectivity index (χ4n) is 4.01. The average Bonchev–Trinajstić information content (AvgIpc) is 3.52. The normalized spacial score (nSPS) is 15.3. The second-order valence-corrected chi connectivity index (χ2v) is 8.08. The Bertz CT molecular complexity index is 979. The molecule has 0 spiro atoms.